The maximum Gasteiger partial charge on any atom is 0.244 e. The molecule has 0 bridgehead atoms. The first kappa shape index (κ1) is 19.3. The van der Waals surface area contributed by atoms with E-state index in [4.69, 9.17) is 5.10 Å². The van der Waals surface area contributed by atoms with E-state index in [2.05, 4.69) is 49.1 Å². The zero-order valence-electron chi connectivity index (χ0n) is 16.8. The van der Waals surface area contributed by atoms with Crippen molar-refractivity contribution < 1.29 is 4.79 Å². The quantitative estimate of drug-likeness (QED) is 0.516. The van der Waals surface area contributed by atoms with Gasteiger partial charge in [0.1, 0.15) is 5.04 Å². The van der Waals surface area contributed by atoms with Gasteiger partial charge in [-0.05, 0) is 43.7 Å². The zero-order valence-corrected chi connectivity index (χ0v) is 17.6. The molecule has 4 rings (SSSR count). The normalized spacial score (nSPS) is 14.6. The number of thioether (sulfide) groups is 1. The average Bonchev–Trinajstić information content (AvgIpc) is 2.73. The van der Waals surface area contributed by atoms with Crippen LogP contribution in [0.5, 0.6) is 0 Å². The van der Waals surface area contributed by atoms with Crippen molar-refractivity contribution in [3.63, 3.8) is 0 Å². The van der Waals surface area contributed by atoms with Gasteiger partial charge in [0.25, 0.3) is 0 Å². The summed E-state index contributed by atoms with van der Waals surface area (Å²) >= 11 is 1.64. The van der Waals surface area contributed by atoms with Crippen molar-refractivity contribution in [3.8, 4) is 0 Å². The second kappa shape index (κ2) is 8.13. The van der Waals surface area contributed by atoms with E-state index in [0.717, 1.165) is 27.9 Å². The predicted octanol–water partition coefficient (Wildman–Crippen LogP) is 5.86. The summed E-state index contributed by atoms with van der Waals surface area (Å²) < 4.78 is 0. The van der Waals surface area contributed by atoms with Crippen LogP contribution >= 0.6 is 11.8 Å². The molecule has 4 nitrogen and oxygen atoms in total. The number of aryl methyl sites for hydroxylation is 2. The summed E-state index contributed by atoms with van der Waals surface area (Å²) in [6.45, 7) is 5.80. The number of fused-ring (bicyclic) bond motifs is 1. The number of hydrogen-bond donors (Lipinski definition) is 0. The van der Waals surface area contributed by atoms with E-state index in [1.165, 1.54) is 21.8 Å². The standard InChI is InChI=1S/C24H23N3OS/c1-17-13-14-22(18(2)15-17)26-16-29-24(21-11-7-8-12-23(21)26)25-27(19(3)28)20-9-5-4-6-10-20/h4-15H,16H2,1-3H3/b25-24-. The van der Waals surface area contributed by atoms with Gasteiger partial charge in [0.05, 0.1) is 17.3 Å². The third kappa shape index (κ3) is 3.91. The summed E-state index contributed by atoms with van der Waals surface area (Å²) in [7, 11) is 0. The lowest BCUT2D eigenvalue weighted by atomic mass is 10.1. The number of carbonyl (C=O) groups excluding carboxylic acids is 1. The molecule has 0 atom stereocenters. The first-order chi connectivity index (χ1) is 14.0. The smallest absolute Gasteiger partial charge is 0.244 e. The number of nitrogens with zero attached hydrogens (tertiary/aromatic N) is 3. The van der Waals surface area contributed by atoms with Gasteiger partial charge in [0, 0.05) is 18.2 Å². The van der Waals surface area contributed by atoms with Gasteiger partial charge < -0.3 is 4.90 Å². The lowest BCUT2D eigenvalue weighted by Gasteiger charge is -2.33. The Hall–Kier alpha value is -3.05. The molecular weight excluding hydrogens is 378 g/mol. The third-order valence-electron chi connectivity index (χ3n) is 4.89. The van der Waals surface area contributed by atoms with Crippen LogP contribution in [-0.2, 0) is 4.79 Å². The molecule has 3 aromatic rings. The molecule has 3 aromatic carbocycles. The van der Waals surface area contributed by atoms with E-state index in [9.17, 15) is 4.79 Å². The van der Waals surface area contributed by atoms with Gasteiger partial charge in [-0.2, -0.15) is 10.1 Å². The highest BCUT2D eigenvalue weighted by molar-refractivity contribution is 8.14. The summed E-state index contributed by atoms with van der Waals surface area (Å²) in [6, 6.07) is 24.3. The van der Waals surface area contributed by atoms with E-state index >= 15 is 0 Å². The van der Waals surface area contributed by atoms with Gasteiger partial charge in [-0.3, -0.25) is 4.79 Å². The molecule has 0 saturated carbocycles. The second-order valence-electron chi connectivity index (χ2n) is 7.08. The fourth-order valence-electron chi connectivity index (χ4n) is 3.52. The number of hydrogen-bond acceptors (Lipinski definition) is 4. The van der Waals surface area contributed by atoms with Crippen LogP contribution in [0.25, 0.3) is 0 Å². The summed E-state index contributed by atoms with van der Waals surface area (Å²) in [4.78, 5) is 14.6. The van der Waals surface area contributed by atoms with Crippen LogP contribution in [0, 0.1) is 13.8 Å². The Morgan fingerprint density at radius 1 is 0.966 bits per heavy atom. The Bertz CT molecular complexity index is 1080. The lowest BCUT2D eigenvalue weighted by Crippen LogP contribution is -2.29. The van der Waals surface area contributed by atoms with Gasteiger partial charge >= 0.3 is 0 Å². The van der Waals surface area contributed by atoms with Crippen molar-refractivity contribution in [2.24, 2.45) is 5.10 Å². The van der Waals surface area contributed by atoms with Crippen LogP contribution in [0.15, 0.2) is 77.9 Å². The largest absolute Gasteiger partial charge is 0.330 e. The molecule has 0 fully saturated rings. The predicted molar refractivity (Wildman–Crippen MR) is 123 cm³/mol. The van der Waals surface area contributed by atoms with Crippen LogP contribution in [-0.4, -0.2) is 16.8 Å². The van der Waals surface area contributed by atoms with Gasteiger partial charge in [-0.1, -0.05) is 65.9 Å². The molecule has 0 radical (unpaired) electrons. The minimum atomic E-state index is -0.112. The van der Waals surface area contributed by atoms with Crippen LogP contribution in [0.4, 0.5) is 17.1 Å². The lowest BCUT2D eigenvalue weighted by molar-refractivity contribution is -0.116. The molecule has 0 saturated heterocycles. The van der Waals surface area contributed by atoms with Crippen molar-refractivity contribution in [1.82, 2.24) is 0 Å². The Kier molecular flexibility index (Phi) is 5.41. The zero-order chi connectivity index (χ0) is 20.4. The number of para-hydroxylation sites is 2. The minimum absolute atomic E-state index is 0.112. The maximum atomic E-state index is 12.3. The topological polar surface area (TPSA) is 35.9 Å². The van der Waals surface area contributed by atoms with Crippen LogP contribution in [0.1, 0.15) is 23.6 Å². The molecule has 146 valence electrons. The highest BCUT2D eigenvalue weighted by atomic mass is 32.2. The number of rotatable bonds is 3. The molecule has 0 aliphatic carbocycles. The van der Waals surface area contributed by atoms with Crippen LogP contribution in [0.3, 0.4) is 0 Å². The molecule has 0 N–H and O–H groups in total. The molecule has 1 amide bonds. The number of hydrazone groups is 1. The number of amides is 1. The van der Waals surface area contributed by atoms with Gasteiger partial charge in [0.2, 0.25) is 5.91 Å². The summed E-state index contributed by atoms with van der Waals surface area (Å²) in [6.07, 6.45) is 0. The van der Waals surface area contributed by atoms with E-state index in [-0.39, 0.29) is 5.91 Å². The maximum absolute atomic E-state index is 12.3. The molecule has 1 aliphatic heterocycles. The van der Waals surface area contributed by atoms with Gasteiger partial charge in [-0.25, -0.2) is 0 Å². The van der Waals surface area contributed by atoms with E-state index in [0.29, 0.717) is 0 Å². The molecule has 5 heteroatoms. The Morgan fingerprint density at radius 2 is 1.69 bits per heavy atom. The number of carbonyl (C=O) groups is 1. The van der Waals surface area contributed by atoms with E-state index in [1.54, 1.807) is 18.7 Å². The van der Waals surface area contributed by atoms with E-state index in [1.807, 2.05) is 42.5 Å². The van der Waals surface area contributed by atoms with Crippen molar-refractivity contribution >= 4 is 39.8 Å². The van der Waals surface area contributed by atoms with Crippen LogP contribution in [0.2, 0.25) is 0 Å². The number of benzene rings is 3. The highest BCUT2D eigenvalue weighted by Crippen LogP contribution is 2.39. The molecule has 0 aromatic heterocycles. The molecular formula is C24H23N3OS. The monoisotopic (exact) mass is 401 g/mol. The first-order valence-corrected chi connectivity index (χ1v) is 10.5. The Balaban J connectivity index is 1.77. The van der Waals surface area contributed by atoms with Crippen molar-refractivity contribution in [2.75, 3.05) is 15.8 Å². The third-order valence-corrected chi connectivity index (χ3v) is 5.85. The Morgan fingerprint density at radius 3 is 2.41 bits per heavy atom. The van der Waals surface area contributed by atoms with Crippen molar-refractivity contribution in [1.29, 1.82) is 0 Å². The molecule has 1 aliphatic rings. The van der Waals surface area contributed by atoms with E-state index < -0.39 is 0 Å². The van der Waals surface area contributed by atoms with Crippen molar-refractivity contribution in [3.05, 3.63) is 89.5 Å². The summed E-state index contributed by atoms with van der Waals surface area (Å²) in [5, 5.41) is 7.07. The summed E-state index contributed by atoms with van der Waals surface area (Å²) in [5.74, 6) is 0.624. The highest BCUT2D eigenvalue weighted by Gasteiger charge is 2.25. The molecule has 1 heterocycles. The second-order valence-corrected chi connectivity index (χ2v) is 8.01. The average molecular weight is 402 g/mol. The number of anilines is 3. The SMILES string of the molecule is CC(=O)N(/N=C1\SCN(c2ccc(C)cc2C)c2ccccc21)c1ccccc1. The minimum Gasteiger partial charge on any atom is -0.330 e. The van der Waals surface area contributed by atoms with Gasteiger partial charge in [-0.15, -0.1) is 0 Å². The fraction of sp³-hybridized carbons (Fsp3) is 0.167. The van der Waals surface area contributed by atoms with Gasteiger partial charge in [0.15, 0.2) is 0 Å². The summed E-state index contributed by atoms with van der Waals surface area (Å²) in [5.41, 5.74) is 6.60. The molecule has 0 spiro atoms. The van der Waals surface area contributed by atoms with Crippen molar-refractivity contribution in [2.45, 2.75) is 20.8 Å². The fourth-order valence-corrected chi connectivity index (χ4v) is 4.52. The Labute approximate surface area is 175 Å². The first-order valence-electron chi connectivity index (χ1n) is 9.56. The molecule has 0 unspecified atom stereocenters. The molecule has 29 heavy (non-hydrogen) atoms. The van der Waals surface area contributed by atoms with Crippen LogP contribution < -0.4 is 9.91 Å².